The van der Waals surface area contributed by atoms with Crippen LogP contribution in [0.1, 0.15) is 75.5 Å². The third-order valence-electron chi connectivity index (χ3n) is 3.17. The van der Waals surface area contributed by atoms with Crippen LogP contribution >= 0.6 is 0 Å². The molecule has 0 aliphatic heterocycles. The number of hydrogen-bond acceptors (Lipinski definition) is 4. The van der Waals surface area contributed by atoms with Gasteiger partial charge in [-0.15, -0.1) is 0 Å². The minimum absolute atomic E-state index is 0.0336. The van der Waals surface area contributed by atoms with Gasteiger partial charge in [0.25, 0.3) is 0 Å². The van der Waals surface area contributed by atoms with Crippen LogP contribution in [0.2, 0.25) is 0 Å². The molecule has 0 unspecified atom stereocenters. The molecule has 0 spiro atoms. The zero-order chi connectivity index (χ0) is 17.2. The Bertz CT molecular complexity index is 664. The molecule has 6 nitrogen and oxygen atoms in total. The second-order valence-corrected chi connectivity index (χ2v) is 5.91. The summed E-state index contributed by atoms with van der Waals surface area (Å²) in [6.07, 6.45) is 0.0336. The van der Waals surface area contributed by atoms with E-state index in [4.69, 9.17) is 0 Å². The van der Waals surface area contributed by atoms with Crippen molar-refractivity contribution in [3.8, 4) is 0 Å². The lowest BCUT2D eigenvalue weighted by molar-refractivity contribution is 0.0674. The van der Waals surface area contributed by atoms with Gasteiger partial charge in [-0.2, -0.15) is 0 Å². The van der Waals surface area contributed by atoms with Crippen LogP contribution in [0.15, 0.2) is 12.1 Å². The van der Waals surface area contributed by atoms with Crippen LogP contribution in [0.5, 0.6) is 0 Å². The van der Waals surface area contributed by atoms with E-state index in [0.29, 0.717) is 0 Å². The third kappa shape index (κ3) is 3.39. The summed E-state index contributed by atoms with van der Waals surface area (Å²) < 4.78 is 0. The smallest absolute Gasteiger partial charge is 0.336 e. The number of carbonyl (C=O) groups excluding carboxylic acids is 2. The quantitative estimate of drug-likeness (QED) is 0.809. The lowest BCUT2D eigenvalue weighted by atomic mass is 9.82. The minimum atomic E-state index is -1.38. The fourth-order valence-electron chi connectivity index (χ4n) is 1.97. The molecule has 0 aliphatic rings. The summed E-state index contributed by atoms with van der Waals surface area (Å²) >= 11 is 0. The molecular weight excluding hydrogens is 288 g/mol. The van der Waals surface area contributed by atoms with Crippen LogP contribution in [-0.2, 0) is 0 Å². The second kappa shape index (κ2) is 6.09. The molecule has 2 N–H and O–H groups in total. The highest BCUT2D eigenvalue weighted by atomic mass is 16.4. The highest BCUT2D eigenvalue weighted by Gasteiger charge is 2.30. The Kier molecular flexibility index (Phi) is 4.86. The van der Waals surface area contributed by atoms with Gasteiger partial charge in [0.1, 0.15) is 0 Å². The summed E-state index contributed by atoms with van der Waals surface area (Å²) in [7, 11) is 0. The van der Waals surface area contributed by atoms with E-state index in [0.717, 1.165) is 12.1 Å². The topological polar surface area (TPSA) is 109 Å². The molecule has 0 aromatic heterocycles. The van der Waals surface area contributed by atoms with E-state index in [9.17, 15) is 29.4 Å². The number of carbonyl (C=O) groups is 4. The summed E-state index contributed by atoms with van der Waals surface area (Å²) in [5.41, 5.74) is -2.00. The normalized spacial score (nSPS) is 11.1. The highest BCUT2D eigenvalue weighted by molar-refractivity contribution is 6.13. The molecule has 0 heterocycles. The fourth-order valence-corrected chi connectivity index (χ4v) is 1.97. The molecule has 0 amide bonds. The summed E-state index contributed by atoms with van der Waals surface area (Å²) in [4.78, 5) is 46.9. The monoisotopic (exact) mass is 306 g/mol. The van der Waals surface area contributed by atoms with Crippen LogP contribution in [0.3, 0.4) is 0 Å². The molecule has 0 saturated heterocycles. The van der Waals surface area contributed by atoms with Crippen molar-refractivity contribution in [2.45, 2.75) is 34.1 Å². The van der Waals surface area contributed by atoms with Crippen molar-refractivity contribution in [2.24, 2.45) is 5.41 Å². The average molecular weight is 306 g/mol. The molecule has 1 aromatic carbocycles. The standard InChI is InChI=1S/C16H18O6/c1-5-12(17)8-6-11(15(21)22)9(7-10(8)14(19)20)13(18)16(2,3)4/h6-7H,5H2,1-4H3,(H,19,20)(H,21,22). The van der Waals surface area contributed by atoms with Gasteiger partial charge in [0.05, 0.1) is 11.1 Å². The SMILES string of the molecule is CCC(=O)c1cc(C(=O)O)c(C(=O)C(C)(C)C)cc1C(=O)O. The molecule has 1 rings (SSSR count). The van der Waals surface area contributed by atoms with Crippen molar-refractivity contribution in [1.29, 1.82) is 0 Å². The predicted octanol–water partition coefficient (Wildman–Crippen LogP) is 2.90. The fraction of sp³-hybridized carbons (Fsp3) is 0.375. The first-order valence-electron chi connectivity index (χ1n) is 6.73. The van der Waals surface area contributed by atoms with Crippen LogP contribution in [0.4, 0.5) is 0 Å². The average Bonchev–Trinajstić information content (AvgIpc) is 2.42. The first-order valence-corrected chi connectivity index (χ1v) is 6.73. The van der Waals surface area contributed by atoms with Gasteiger partial charge in [-0.3, -0.25) is 9.59 Å². The zero-order valence-electron chi connectivity index (χ0n) is 12.9. The predicted molar refractivity (Wildman–Crippen MR) is 78.8 cm³/mol. The summed E-state index contributed by atoms with van der Waals surface area (Å²) in [5, 5.41) is 18.5. The summed E-state index contributed by atoms with van der Waals surface area (Å²) in [6.45, 7) is 6.36. The summed E-state index contributed by atoms with van der Waals surface area (Å²) in [6, 6.07) is 1.97. The van der Waals surface area contributed by atoms with Crippen LogP contribution in [0.25, 0.3) is 0 Å². The maximum Gasteiger partial charge on any atom is 0.336 e. The largest absolute Gasteiger partial charge is 0.478 e. The van der Waals surface area contributed by atoms with Crippen LogP contribution in [-0.4, -0.2) is 33.7 Å². The van der Waals surface area contributed by atoms with Crippen molar-refractivity contribution in [3.05, 3.63) is 34.4 Å². The van der Waals surface area contributed by atoms with Crippen molar-refractivity contribution in [2.75, 3.05) is 0 Å². The van der Waals surface area contributed by atoms with Crippen molar-refractivity contribution in [3.63, 3.8) is 0 Å². The number of carboxylic acid groups (broad SMARTS) is 2. The maximum absolute atomic E-state index is 12.4. The number of hydrogen-bond donors (Lipinski definition) is 2. The van der Waals surface area contributed by atoms with Gasteiger partial charge in [0.15, 0.2) is 11.6 Å². The van der Waals surface area contributed by atoms with Gasteiger partial charge < -0.3 is 10.2 Å². The molecular formula is C16H18O6. The Balaban J connectivity index is 3.75. The van der Waals surface area contributed by atoms with Gasteiger partial charge in [-0.05, 0) is 12.1 Å². The van der Waals surface area contributed by atoms with Gasteiger partial charge in [0, 0.05) is 23.0 Å². The molecule has 0 aliphatic carbocycles. The van der Waals surface area contributed by atoms with Gasteiger partial charge in [0.2, 0.25) is 0 Å². The number of ketones is 2. The molecule has 0 radical (unpaired) electrons. The van der Waals surface area contributed by atoms with Gasteiger partial charge in [-0.1, -0.05) is 27.7 Å². The van der Waals surface area contributed by atoms with E-state index in [-0.39, 0.29) is 28.7 Å². The number of rotatable bonds is 5. The molecule has 118 valence electrons. The van der Waals surface area contributed by atoms with E-state index >= 15 is 0 Å². The van der Waals surface area contributed by atoms with E-state index in [1.807, 2.05) is 0 Å². The Hall–Kier alpha value is -2.50. The Morgan fingerprint density at radius 1 is 0.864 bits per heavy atom. The van der Waals surface area contributed by atoms with Gasteiger partial charge in [-0.25, -0.2) is 9.59 Å². The number of carboxylic acids is 2. The van der Waals surface area contributed by atoms with E-state index in [2.05, 4.69) is 0 Å². The number of benzene rings is 1. The van der Waals surface area contributed by atoms with Crippen LogP contribution < -0.4 is 0 Å². The highest BCUT2D eigenvalue weighted by Crippen LogP contribution is 2.26. The lowest BCUT2D eigenvalue weighted by Gasteiger charge is -2.19. The molecule has 1 aromatic rings. The number of aromatic carboxylic acids is 2. The molecule has 6 heteroatoms. The zero-order valence-corrected chi connectivity index (χ0v) is 12.9. The minimum Gasteiger partial charge on any atom is -0.478 e. The van der Waals surface area contributed by atoms with E-state index < -0.39 is 28.9 Å². The molecule has 0 bridgehead atoms. The maximum atomic E-state index is 12.4. The third-order valence-corrected chi connectivity index (χ3v) is 3.17. The molecule has 22 heavy (non-hydrogen) atoms. The Labute approximate surface area is 127 Å². The van der Waals surface area contributed by atoms with Crippen molar-refractivity contribution < 1.29 is 29.4 Å². The van der Waals surface area contributed by atoms with Crippen molar-refractivity contribution >= 4 is 23.5 Å². The summed E-state index contributed by atoms with van der Waals surface area (Å²) in [5.74, 6) is -3.75. The first-order chi connectivity index (χ1) is 10.0. The van der Waals surface area contributed by atoms with Crippen LogP contribution in [0, 0.1) is 5.41 Å². The first kappa shape index (κ1) is 17.6. The van der Waals surface area contributed by atoms with Crippen molar-refractivity contribution in [1.82, 2.24) is 0 Å². The Morgan fingerprint density at radius 3 is 1.64 bits per heavy atom. The number of Topliss-reactive ketones (excluding diaryl/α,β-unsaturated/α-hetero) is 2. The molecule has 0 atom stereocenters. The molecule has 0 saturated carbocycles. The van der Waals surface area contributed by atoms with E-state index in [1.165, 1.54) is 0 Å². The Morgan fingerprint density at radius 2 is 1.27 bits per heavy atom. The lowest BCUT2D eigenvalue weighted by Crippen LogP contribution is -2.24. The molecule has 0 fully saturated rings. The second-order valence-electron chi connectivity index (χ2n) is 5.91. The van der Waals surface area contributed by atoms with E-state index in [1.54, 1.807) is 27.7 Å². The van der Waals surface area contributed by atoms with Gasteiger partial charge >= 0.3 is 11.9 Å².